The Morgan fingerprint density at radius 1 is 1.57 bits per heavy atom. The highest BCUT2D eigenvalue weighted by atomic mass is 32.2. The summed E-state index contributed by atoms with van der Waals surface area (Å²) in [5, 5.41) is 0. The fraction of sp³-hybridized carbons (Fsp3) is 1.00. The molecule has 1 saturated carbocycles. The second-order valence-electron chi connectivity index (χ2n) is 4.39. The molecule has 5 heteroatoms. The summed E-state index contributed by atoms with van der Waals surface area (Å²) in [6.07, 6.45) is 3.61. The van der Waals surface area contributed by atoms with E-state index in [-0.39, 0.29) is 18.2 Å². The van der Waals surface area contributed by atoms with Crippen molar-refractivity contribution in [2.75, 3.05) is 12.0 Å². The number of hydrogen-bond acceptors (Lipinski definition) is 3. The Morgan fingerprint density at radius 2 is 2.21 bits per heavy atom. The lowest BCUT2D eigenvalue weighted by Gasteiger charge is -2.32. The molecule has 84 valence electrons. The third-order valence-corrected chi connectivity index (χ3v) is 3.69. The number of halogens is 1. The minimum Gasteiger partial charge on any atom is -0.328 e. The molecule has 1 aliphatic rings. The first kappa shape index (κ1) is 11.9. The summed E-state index contributed by atoms with van der Waals surface area (Å²) in [6, 6.07) is -0.103. The van der Waals surface area contributed by atoms with E-state index in [0.29, 0.717) is 12.8 Å². The van der Waals surface area contributed by atoms with Gasteiger partial charge in [-0.1, -0.05) is 0 Å². The molecule has 0 heterocycles. The minimum atomic E-state index is -3.06. The van der Waals surface area contributed by atoms with Gasteiger partial charge in [0.25, 0.3) is 0 Å². The van der Waals surface area contributed by atoms with E-state index < -0.39 is 15.5 Å². The van der Waals surface area contributed by atoms with Gasteiger partial charge in [-0.25, -0.2) is 12.8 Å². The van der Waals surface area contributed by atoms with Crippen LogP contribution in [0.25, 0.3) is 0 Å². The topological polar surface area (TPSA) is 60.2 Å². The average Bonchev–Trinajstić information content (AvgIpc) is 1.99. The van der Waals surface area contributed by atoms with Crippen molar-refractivity contribution >= 4 is 9.84 Å². The molecular formula is C9H18FNO2S. The van der Waals surface area contributed by atoms with Crippen molar-refractivity contribution in [1.82, 2.24) is 0 Å². The lowest BCUT2D eigenvalue weighted by molar-refractivity contribution is 0.0926. The molecule has 0 aromatic rings. The Bertz CT molecular complexity index is 291. The first-order chi connectivity index (χ1) is 6.31. The summed E-state index contributed by atoms with van der Waals surface area (Å²) in [6.45, 7) is 0. The van der Waals surface area contributed by atoms with Crippen molar-refractivity contribution in [2.24, 2.45) is 5.73 Å². The second-order valence-corrected chi connectivity index (χ2v) is 6.65. The third-order valence-electron chi connectivity index (χ3n) is 2.75. The number of sulfone groups is 1. The smallest absolute Gasteiger partial charge is 0.147 e. The fourth-order valence-electron chi connectivity index (χ4n) is 1.95. The average molecular weight is 223 g/mol. The van der Waals surface area contributed by atoms with Crippen LogP contribution < -0.4 is 5.73 Å². The predicted octanol–water partition coefficient (Wildman–Crippen LogP) is 1.03. The lowest BCUT2D eigenvalue weighted by atomic mass is 9.82. The largest absolute Gasteiger partial charge is 0.328 e. The molecule has 0 aliphatic heterocycles. The molecule has 0 amide bonds. The molecule has 0 aromatic heterocycles. The van der Waals surface area contributed by atoms with Gasteiger partial charge >= 0.3 is 0 Å². The van der Waals surface area contributed by atoms with Gasteiger partial charge in [-0.2, -0.15) is 0 Å². The van der Waals surface area contributed by atoms with E-state index >= 15 is 0 Å². The van der Waals surface area contributed by atoms with Crippen LogP contribution in [0.1, 0.15) is 32.1 Å². The Balaban J connectivity index is 2.49. The van der Waals surface area contributed by atoms with Gasteiger partial charge in [0, 0.05) is 12.3 Å². The fourth-order valence-corrected chi connectivity index (χ4v) is 2.69. The van der Waals surface area contributed by atoms with Crippen LogP contribution in [-0.4, -0.2) is 32.1 Å². The van der Waals surface area contributed by atoms with Gasteiger partial charge in [0.1, 0.15) is 15.5 Å². The molecule has 0 aromatic carbocycles. The highest BCUT2D eigenvalue weighted by Crippen LogP contribution is 2.34. The number of nitrogens with two attached hydrogens (primary N) is 1. The highest BCUT2D eigenvalue weighted by molar-refractivity contribution is 7.90. The van der Waals surface area contributed by atoms with Crippen LogP contribution in [0.5, 0.6) is 0 Å². The SMILES string of the molecule is CS(=O)(=O)CCC1(F)CCCC(N)C1. The molecule has 1 fully saturated rings. The first-order valence-corrected chi connectivity index (χ1v) is 6.99. The molecule has 0 spiro atoms. The van der Waals surface area contributed by atoms with Gasteiger partial charge in [-0.15, -0.1) is 0 Å². The Morgan fingerprint density at radius 3 is 2.71 bits per heavy atom. The summed E-state index contributed by atoms with van der Waals surface area (Å²) < 4.78 is 35.8. The number of rotatable bonds is 3. The van der Waals surface area contributed by atoms with E-state index in [2.05, 4.69) is 0 Å². The van der Waals surface area contributed by atoms with Crippen LogP contribution >= 0.6 is 0 Å². The molecule has 1 aliphatic carbocycles. The summed E-state index contributed by atoms with van der Waals surface area (Å²) >= 11 is 0. The Hall–Kier alpha value is -0.160. The molecule has 3 nitrogen and oxygen atoms in total. The van der Waals surface area contributed by atoms with Crippen LogP contribution in [0.3, 0.4) is 0 Å². The Kier molecular flexibility index (Phi) is 3.53. The maximum atomic E-state index is 14.0. The van der Waals surface area contributed by atoms with Crippen LogP contribution in [0.15, 0.2) is 0 Å². The van der Waals surface area contributed by atoms with Gasteiger partial charge in [0.15, 0.2) is 0 Å². The van der Waals surface area contributed by atoms with E-state index in [9.17, 15) is 12.8 Å². The summed E-state index contributed by atoms with van der Waals surface area (Å²) in [5.74, 6) is -0.0732. The molecular weight excluding hydrogens is 205 g/mol. The van der Waals surface area contributed by atoms with Crippen molar-refractivity contribution in [2.45, 2.75) is 43.8 Å². The molecule has 0 radical (unpaired) electrons. The van der Waals surface area contributed by atoms with Gasteiger partial charge in [0.05, 0.1) is 5.75 Å². The Labute approximate surface area is 84.8 Å². The standard InChI is InChI=1S/C9H18FNO2S/c1-14(12,13)6-5-9(10)4-2-3-8(11)7-9/h8H,2-7,11H2,1H3. The van der Waals surface area contributed by atoms with Gasteiger partial charge in [0.2, 0.25) is 0 Å². The van der Waals surface area contributed by atoms with Crippen LogP contribution in [0.2, 0.25) is 0 Å². The maximum Gasteiger partial charge on any atom is 0.147 e. The predicted molar refractivity (Wildman–Crippen MR) is 54.6 cm³/mol. The zero-order valence-electron chi connectivity index (χ0n) is 8.50. The van der Waals surface area contributed by atoms with E-state index in [4.69, 9.17) is 5.73 Å². The van der Waals surface area contributed by atoms with Gasteiger partial charge < -0.3 is 5.73 Å². The third kappa shape index (κ3) is 3.92. The minimum absolute atomic E-state index is 0.0732. The quantitative estimate of drug-likeness (QED) is 0.777. The molecule has 2 atom stereocenters. The normalized spacial score (nSPS) is 34.4. The van der Waals surface area contributed by atoms with Crippen molar-refractivity contribution in [3.05, 3.63) is 0 Å². The molecule has 14 heavy (non-hydrogen) atoms. The zero-order valence-corrected chi connectivity index (χ0v) is 9.32. The van der Waals surface area contributed by atoms with Crippen molar-refractivity contribution < 1.29 is 12.8 Å². The number of hydrogen-bond donors (Lipinski definition) is 1. The van der Waals surface area contributed by atoms with E-state index in [1.54, 1.807) is 0 Å². The summed E-state index contributed by atoms with van der Waals surface area (Å²) in [5.41, 5.74) is 4.31. The maximum absolute atomic E-state index is 14.0. The monoisotopic (exact) mass is 223 g/mol. The molecule has 1 rings (SSSR count). The van der Waals surface area contributed by atoms with Crippen LogP contribution in [0, 0.1) is 0 Å². The molecule has 2 N–H and O–H groups in total. The summed E-state index contributed by atoms with van der Waals surface area (Å²) in [4.78, 5) is 0. The van der Waals surface area contributed by atoms with E-state index in [1.807, 2.05) is 0 Å². The van der Waals surface area contributed by atoms with E-state index in [1.165, 1.54) is 0 Å². The zero-order chi connectivity index (χ0) is 10.8. The van der Waals surface area contributed by atoms with Crippen LogP contribution in [-0.2, 0) is 9.84 Å². The highest BCUT2D eigenvalue weighted by Gasteiger charge is 2.35. The first-order valence-electron chi connectivity index (χ1n) is 4.93. The molecule has 0 bridgehead atoms. The second kappa shape index (κ2) is 4.14. The van der Waals surface area contributed by atoms with Gasteiger partial charge in [-0.3, -0.25) is 0 Å². The van der Waals surface area contributed by atoms with Crippen molar-refractivity contribution in [1.29, 1.82) is 0 Å². The van der Waals surface area contributed by atoms with Gasteiger partial charge in [-0.05, 0) is 32.1 Å². The van der Waals surface area contributed by atoms with Crippen LogP contribution in [0.4, 0.5) is 4.39 Å². The van der Waals surface area contributed by atoms with Crippen molar-refractivity contribution in [3.8, 4) is 0 Å². The van der Waals surface area contributed by atoms with E-state index in [0.717, 1.165) is 19.1 Å². The molecule has 0 saturated heterocycles. The molecule has 2 unspecified atom stereocenters. The summed E-state index contributed by atoms with van der Waals surface area (Å²) in [7, 11) is -3.06. The lowest BCUT2D eigenvalue weighted by Crippen LogP contribution is -2.39. The van der Waals surface area contributed by atoms with Crippen molar-refractivity contribution in [3.63, 3.8) is 0 Å². The number of alkyl halides is 1.